The number of carbonyl (C=O) groups excluding carboxylic acids is 2. The summed E-state index contributed by atoms with van der Waals surface area (Å²) in [6, 6.07) is 0. The molecule has 0 aliphatic rings. The summed E-state index contributed by atoms with van der Waals surface area (Å²) in [7, 11) is 0. The number of hydrogen-bond acceptors (Lipinski definition) is 4. The monoisotopic (exact) mass is 263 g/mol. The molecular weight excluding hydrogens is 250 g/mol. The molecule has 0 heterocycles. The van der Waals surface area contributed by atoms with Crippen LogP contribution in [0.2, 0.25) is 0 Å². The van der Waals surface area contributed by atoms with Crippen molar-refractivity contribution in [2.24, 2.45) is 0 Å². The molecule has 0 bridgehead atoms. The van der Waals surface area contributed by atoms with E-state index in [9.17, 15) is 14.4 Å². The van der Waals surface area contributed by atoms with Crippen molar-refractivity contribution in [1.82, 2.24) is 4.42 Å². The summed E-state index contributed by atoms with van der Waals surface area (Å²) in [4.78, 5) is 32.1. The van der Waals surface area contributed by atoms with Gasteiger partial charge in [0.05, 0.1) is 6.61 Å². The van der Waals surface area contributed by atoms with Crippen LogP contribution in [0.4, 0.5) is 4.79 Å². The molecule has 0 spiro atoms. The van der Waals surface area contributed by atoms with Crippen LogP contribution >= 0.6 is 11.8 Å². The Morgan fingerprint density at radius 2 is 1.94 bits per heavy atom. The van der Waals surface area contributed by atoms with Gasteiger partial charge in [-0.25, -0.2) is 9.59 Å². The lowest BCUT2D eigenvalue weighted by Crippen LogP contribution is -2.27. The highest BCUT2D eigenvalue weighted by molar-refractivity contribution is 6.28. The van der Waals surface area contributed by atoms with E-state index >= 15 is 0 Å². The molecule has 0 rings (SSSR count). The molecular formula is C10H14ClNO5. The molecule has 0 fully saturated rings. The Kier molecular flexibility index (Phi) is 6.97. The maximum Gasteiger partial charge on any atom is 0.431 e. The van der Waals surface area contributed by atoms with Crippen molar-refractivity contribution in [1.29, 1.82) is 0 Å². The second-order valence-corrected chi connectivity index (χ2v) is 3.62. The number of amides is 2. The van der Waals surface area contributed by atoms with Crippen LogP contribution in [-0.4, -0.2) is 34.1 Å². The Morgan fingerprint density at radius 1 is 1.35 bits per heavy atom. The first kappa shape index (κ1) is 15.4. The molecule has 0 aliphatic heterocycles. The standard InChI is InChI=1S/C10H14ClNO5/c1-7(9(14)15)5-3-4-6-17-10(16)12(11)8(2)13/h1,3-6H2,2H3,(H,14,15). The lowest BCUT2D eigenvalue weighted by atomic mass is 10.1. The first-order chi connectivity index (χ1) is 7.86. The number of nitrogens with zero attached hydrogens (tertiary/aromatic N) is 1. The lowest BCUT2D eigenvalue weighted by Gasteiger charge is -2.09. The van der Waals surface area contributed by atoms with Crippen LogP contribution in [-0.2, 0) is 14.3 Å². The van der Waals surface area contributed by atoms with E-state index in [2.05, 4.69) is 11.3 Å². The van der Waals surface area contributed by atoms with E-state index in [1.54, 1.807) is 0 Å². The van der Waals surface area contributed by atoms with Crippen molar-refractivity contribution in [3.05, 3.63) is 12.2 Å². The highest BCUT2D eigenvalue weighted by Crippen LogP contribution is 2.06. The maximum absolute atomic E-state index is 11.0. The molecule has 7 heteroatoms. The molecule has 0 radical (unpaired) electrons. The van der Waals surface area contributed by atoms with Gasteiger partial charge in [-0.1, -0.05) is 6.58 Å². The summed E-state index contributed by atoms with van der Waals surface area (Å²) < 4.78 is 5.01. The summed E-state index contributed by atoms with van der Waals surface area (Å²) >= 11 is 5.29. The van der Waals surface area contributed by atoms with Crippen LogP contribution in [0.3, 0.4) is 0 Å². The normalized spacial score (nSPS) is 9.53. The van der Waals surface area contributed by atoms with Gasteiger partial charge in [0.15, 0.2) is 0 Å². The van der Waals surface area contributed by atoms with Gasteiger partial charge in [-0.05, 0) is 19.3 Å². The maximum atomic E-state index is 11.0. The number of imide groups is 1. The van der Waals surface area contributed by atoms with Crippen molar-refractivity contribution in [3.8, 4) is 0 Å². The molecule has 96 valence electrons. The predicted molar refractivity (Wildman–Crippen MR) is 60.3 cm³/mol. The third kappa shape index (κ3) is 6.57. The van der Waals surface area contributed by atoms with Gasteiger partial charge in [0.2, 0.25) is 5.91 Å². The Labute approximate surface area is 104 Å². The molecule has 2 amide bonds. The van der Waals surface area contributed by atoms with Crippen molar-refractivity contribution in [2.45, 2.75) is 26.2 Å². The quantitative estimate of drug-likeness (QED) is 0.450. The summed E-state index contributed by atoms with van der Waals surface area (Å²) in [5.74, 6) is -1.67. The van der Waals surface area contributed by atoms with Gasteiger partial charge in [-0.15, -0.1) is 0 Å². The van der Waals surface area contributed by atoms with E-state index in [1.807, 2.05) is 0 Å². The number of aliphatic carboxylic acids is 1. The second kappa shape index (κ2) is 7.67. The van der Waals surface area contributed by atoms with E-state index in [4.69, 9.17) is 16.9 Å². The minimum absolute atomic E-state index is 0.0717. The average molecular weight is 264 g/mol. The Balaban J connectivity index is 3.65. The number of unbranched alkanes of at least 4 members (excludes halogenated alkanes) is 1. The van der Waals surface area contributed by atoms with Crippen LogP contribution in [0.25, 0.3) is 0 Å². The van der Waals surface area contributed by atoms with Crippen molar-refractivity contribution < 1.29 is 24.2 Å². The minimum Gasteiger partial charge on any atom is -0.478 e. The SMILES string of the molecule is C=C(CCCCOC(=O)N(Cl)C(C)=O)C(=O)O. The largest absolute Gasteiger partial charge is 0.478 e. The molecule has 0 atom stereocenters. The van der Waals surface area contributed by atoms with E-state index in [-0.39, 0.29) is 12.2 Å². The van der Waals surface area contributed by atoms with E-state index in [0.717, 1.165) is 6.92 Å². The van der Waals surface area contributed by atoms with Gasteiger partial charge in [0, 0.05) is 24.3 Å². The molecule has 6 nitrogen and oxygen atoms in total. The van der Waals surface area contributed by atoms with Crippen molar-refractivity contribution >= 4 is 29.7 Å². The molecule has 0 aromatic carbocycles. The molecule has 0 aromatic rings. The number of ether oxygens (including phenoxy) is 1. The summed E-state index contributed by atoms with van der Waals surface area (Å²) in [5.41, 5.74) is 0.110. The summed E-state index contributed by atoms with van der Waals surface area (Å²) in [5, 5.41) is 8.51. The number of halogens is 1. The van der Waals surface area contributed by atoms with Gasteiger partial charge in [-0.2, -0.15) is 4.42 Å². The van der Waals surface area contributed by atoms with Crippen LogP contribution in [0.1, 0.15) is 26.2 Å². The fraction of sp³-hybridized carbons (Fsp3) is 0.500. The van der Waals surface area contributed by atoms with E-state index in [1.165, 1.54) is 0 Å². The smallest absolute Gasteiger partial charge is 0.431 e. The molecule has 0 saturated carbocycles. The van der Waals surface area contributed by atoms with Crippen LogP contribution in [0.5, 0.6) is 0 Å². The fourth-order valence-electron chi connectivity index (χ4n) is 0.892. The van der Waals surface area contributed by atoms with Crippen molar-refractivity contribution in [2.75, 3.05) is 6.61 Å². The van der Waals surface area contributed by atoms with Gasteiger partial charge in [0.1, 0.15) is 0 Å². The molecule has 0 unspecified atom stereocenters. The van der Waals surface area contributed by atoms with E-state index < -0.39 is 18.0 Å². The third-order valence-corrected chi connectivity index (χ3v) is 2.21. The topological polar surface area (TPSA) is 83.9 Å². The predicted octanol–water partition coefficient (Wildman–Crippen LogP) is 1.94. The molecule has 17 heavy (non-hydrogen) atoms. The number of hydrogen-bond donors (Lipinski definition) is 1. The Bertz CT molecular complexity index is 329. The highest BCUT2D eigenvalue weighted by atomic mass is 35.5. The first-order valence-corrected chi connectivity index (χ1v) is 5.24. The zero-order chi connectivity index (χ0) is 13.4. The molecule has 0 aromatic heterocycles. The average Bonchev–Trinajstić information content (AvgIpc) is 2.26. The number of rotatable bonds is 6. The minimum atomic E-state index is -1.04. The Hall–Kier alpha value is -1.56. The third-order valence-electron chi connectivity index (χ3n) is 1.84. The number of carbonyl (C=O) groups is 3. The Morgan fingerprint density at radius 3 is 2.41 bits per heavy atom. The zero-order valence-corrected chi connectivity index (χ0v) is 10.2. The highest BCUT2D eigenvalue weighted by Gasteiger charge is 2.16. The molecule has 1 N–H and O–H groups in total. The van der Waals surface area contributed by atoms with Crippen LogP contribution in [0.15, 0.2) is 12.2 Å². The lowest BCUT2D eigenvalue weighted by molar-refractivity contribution is -0.132. The molecule has 0 saturated heterocycles. The number of carboxylic acid groups (broad SMARTS) is 1. The molecule has 0 aliphatic carbocycles. The van der Waals surface area contributed by atoms with Crippen molar-refractivity contribution in [3.63, 3.8) is 0 Å². The van der Waals surface area contributed by atoms with Gasteiger partial charge in [-0.3, -0.25) is 4.79 Å². The summed E-state index contributed by atoms with van der Waals surface area (Å²) in [6.07, 6.45) is 0.391. The number of carboxylic acids is 1. The van der Waals surface area contributed by atoms with Gasteiger partial charge < -0.3 is 9.84 Å². The first-order valence-electron chi connectivity index (χ1n) is 4.90. The summed E-state index contributed by atoms with van der Waals surface area (Å²) in [6.45, 7) is 4.56. The van der Waals surface area contributed by atoms with Crippen LogP contribution in [0, 0.1) is 0 Å². The van der Waals surface area contributed by atoms with E-state index in [0.29, 0.717) is 23.7 Å². The van der Waals surface area contributed by atoms with Crippen LogP contribution < -0.4 is 0 Å². The second-order valence-electron chi connectivity index (χ2n) is 3.28. The van der Waals surface area contributed by atoms with Gasteiger partial charge >= 0.3 is 12.1 Å². The van der Waals surface area contributed by atoms with Gasteiger partial charge in [0.25, 0.3) is 0 Å². The fourth-order valence-corrected chi connectivity index (χ4v) is 0.941. The zero-order valence-electron chi connectivity index (χ0n) is 9.44.